The molecule has 0 unspecified atom stereocenters. The van der Waals surface area contributed by atoms with Gasteiger partial charge in [-0.05, 0) is 49.6 Å². The first-order chi connectivity index (χ1) is 19.4. The molecule has 0 spiro atoms. The highest BCUT2D eigenvalue weighted by molar-refractivity contribution is 5.92. The lowest BCUT2D eigenvalue weighted by atomic mass is 9.94. The number of carbonyl (C=O) groups is 1. The van der Waals surface area contributed by atoms with Crippen LogP contribution in [0.1, 0.15) is 50.7 Å². The summed E-state index contributed by atoms with van der Waals surface area (Å²) in [5, 5.41) is 21.6. The number of aromatic hydroxyl groups is 2. The summed E-state index contributed by atoms with van der Waals surface area (Å²) in [5.74, 6) is 0.810. The summed E-state index contributed by atoms with van der Waals surface area (Å²) in [5.41, 5.74) is 3.60. The lowest BCUT2D eigenvalue weighted by molar-refractivity contribution is 0.0733. The molecule has 0 bridgehead atoms. The minimum absolute atomic E-state index is 0.0298. The van der Waals surface area contributed by atoms with E-state index in [0.717, 1.165) is 17.5 Å². The van der Waals surface area contributed by atoms with E-state index in [2.05, 4.69) is 0 Å². The van der Waals surface area contributed by atoms with Crippen LogP contribution in [0.5, 0.6) is 34.5 Å². The first-order valence-corrected chi connectivity index (χ1v) is 12.9. The molecule has 4 aromatic rings. The molecule has 204 valence electrons. The summed E-state index contributed by atoms with van der Waals surface area (Å²) >= 11 is 0. The first-order valence-electron chi connectivity index (χ1n) is 12.9. The molecule has 1 aliphatic rings. The van der Waals surface area contributed by atoms with Gasteiger partial charge >= 0.3 is 5.97 Å². The lowest BCUT2D eigenvalue weighted by Crippen LogP contribution is -2.16. The van der Waals surface area contributed by atoms with Crippen LogP contribution in [0.15, 0.2) is 72.8 Å². The molecule has 0 radical (unpaired) electrons. The van der Waals surface area contributed by atoms with Gasteiger partial charge in [0.1, 0.15) is 40.6 Å². The molecule has 0 fully saturated rings. The van der Waals surface area contributed by atoms with Gasteiger partial charge in [-0.2, -0.15) is 0 Å². The molecule has 2 N–H and O–H groups in total. The van der Waals surface area contributed by atoms with E-state index >= 15 is 0 Å². The predicted molar refractivity (Wildman–Crippen MR) is 153 cm³/mol. The molecular formula is C33H30O7. The summed E-state index contributed by atoms with van der Waals surface area (Å²) in [6, 6.07) is 21.4. The Hall–Kier alpha value is -4.91. The SMILES string of the molecule is COc1cc(O)c(/C=C/c2c(OC(=O)c3ccccc3)cc(O)c(C)c2OC)c2c1CC[C@@H](c1ccccc1)O2. The Kier molecular flexibility index (Phi) is 7.64. The average molecular weight is 539 g/mol. The van der Waals surface area contributed by atoms with Gasteiger partial charge < -0.3 is 29.2 Å². The Morgan fingerprint density at radius 2 is 1.52 bits per heavy atom. The molecule has 0 amide bonds. The normalized spacial score (nSPS) is 14.3. The number of hydrogen-bond acceptors (Lipinski definition) is 7. The van der Waals surface area contributed by atoms with Crippen LogP contribution in [0.4, 0.5) is 0 Å². The Morgan fingerprint density at radius 1 is 0.875 bits per heavy atom. The fraction of sp³-hybridized carbons (Fsp3) is 0.182. The third-order valence-corrected chi connectivity index (χ3v) is 7.00. The topological polar surface area (TPSA) is 94.5 Å². The van der Waals surface area contributed by atoms with Crippen LogP contribution < -0.4 is 18.9 Å². The fourth-order valence-corrected chi connectivity index (χ4v) is 4.92. The van der Waals surface area contributed by atoms with Gasteiger partial charge in [0.25, 0.3) is 0 Å². The van der Waals surface area contributed by atoms with Crippen molar-refractivity contribution in [3.8, 4) is 34.5 Å². The highest BCUT2D eigenvalue weighted by atomic mass is 16.5. The summed E-state index contributed by atoms with van der Waals surface area (Å²) in [7, 11) is 3.04. The van der Waals surface area contributed by atoms with E-state index in [1.807, 2.05) is 30.3 Å². The zero-order chi connectivity index (χ0) is 28.2. The van der Waals surface area contributed by atoms with Crippen molar-refractivity contribution in [2.75, 3.05) is 14.2 Å². The van der Waals surface area contributed by atoms with Crippen molar-refractivity contribution in [3.63, 3.8) is 0 Å². The molecule has 7 nitrogen and oxygen atoms in total. The van der Waals surface area contributed by atoms with Gasteiger partial charge in [0.15, 0.2) is 0 Å². The van der Waals surface area contributed by atoms with Crippen LogP contribution in [0.2, 0.25) is 0 Å². The van der Waals surface area contributed by atoms with Crippen LogP contribution >= 0.6 is 0 Å². The number of methoxy groups -OCH3 is 2. The maximum Gasteiger partial charge on any atom is 0.343 e. The quantitative estimate of drug-likeness (QED) is 0.150. The fourth-order valence-electron chi connectivity index (χ4n) is 4.92. The van der Waals surface area contributed by atoms with Crippen molar-refractivity contribution in [1.82, 2.24) is 0 Å². The molecular weight excluding hydrogens is 508 g/mol. The van der Waals surface area contributed by atoms with Gasteiger partial charge in [0, 0.05) is 23.3 Å². The van der Waals surface area contributed by atoms with E-state index in [0.29, 0.717) is 45.9 Å². The zero-order valence-electron chi connectivity index (χ0n) is 22.5. The molecule has 7 heteroatoms. The number of rotatable bonds is 7. The number of hydrogen-bond donors (Lipinski definition) is 2. The average Bonchev–Trinajstić information content (AvgIpc) is 2.99. The highest BCUT2D eigenvalue weighted by Gasteiger charge is 2.28. The van der Waals surface area contributed by atoms with Crippen molar-refractivity contribution >= 4 is 18.1 Å². The number of phenols is 2. The molecule has 0 saturated heterocycles. The number of ether oxygens (including phenoxy) is 4. The van der Waals surface area contributed by atoms with E-state index in [9.17, 15) is 15.0 Å². The summed E-state index contributed by atoms with van der Waals surface area (Å²) in [6.07, 6.45) is 4.62. The summed E-state index contributed by atoms with van der Waals surface area (Å²) < 4.78 is 23.3. The second-order valence-electron chi connectivity index (χ2n) is 9.43. The minimum atomic E-state index is -0.584. The maximum absolute atomic E-state index is 12.9. The van der Waals surface area contributed by atoms with Gasteiger partial charge in [0.05, 0.1) is 30.9 Å². The van der Waals surface area contributed by atoms with Gasteiger partial charge in [-0.1, -0.05) is 48.5 Å². The number of fused-ring (bicyclic) bond motifs is 1. The molecule has 40 heavy (non-hydrogen) atoms. The summed E-state index contributed by atoms with van der Waals surface area (Å²) in [4.78, 5) is 12.9. The van der Waals surface area contributed by atoms with E-state index in [4.69, 9.17) is 18.9 Å². The minimum Gasteiger partial charge on any atom is -0.507 e. The molecule has 1 atom stereocenters. The third kappa shape index (κ3) is 5.18. The van der Waals surface area contributed by atoms with Crippen molar-refractivity contribution in [1.29, 1.82) is 0 Å². The van der Waals surface area contributed by atoms with Crippen molar-refractivity contribution in [2.45, 2.75) is 25.9 Å². The molecule has 0 aliphatic carbocycles. The molecule has 0 saturated carbocycles. The Balaban J connectivity index is 1.59. The molecule has 5 rings (SSSR count). The van der Waals surface area contributed by atoms with E-state index in [1.54, 1.807) is 62.6 Å². The molecule has 4 aromatic carbocycles. The number of phenolic OH excluding ortho intramolecular Hbond substituents is 2. The van der Waals surface area contributed by atoms with Gasteiger partial charge in [-0.3, -0.25) is 0 Å². The summed E-state index contributed by atoms with van der Waals surface area (Å²) in [6.45, 7) is 1.70. The van der Waals surface area contributed by atoms with Crippen LogP contribution in [0, 0.1) is 6.92 Å². The van der Waals surface area contributed by atoms with Gasteiger partial charge in [0.2, 0.25) is 0 Å². The Bertz CT molecular complexity index is 1560. The number of esters is 1. The lowest BCUT2D eigenvalue weighted by Gasteiger charge is -2.29. The standard InChI is InChI=1S/C33H30O7/c1-20-26(34)18-30(40-33(36)22-12-8-5-9-13-22)25(31(20)38-3)15-14-23-27(35)19-29(37-2)24-16-17-28(39-32(23)24)21-10-6-4-7-11-21/h4-15,18-19,28,34-35H,16-17H2,1-3H3/b15-14+/t28-/m0/s1. The van der Waals surface area contributed by atoms with Crippen LogP contribution in [-0.2, 0) is 6.42 Å². The first kappa shape index (κ1) is 26.7. The van der Waals surface area contributed by atoms with Crippen molar-refractivity contribution in [2.24, 2.45) is 0 Å². The number of benzene rings is 4. The van der Waals surface area contributed by atoms with Crippen LogP contribution in [0.3, 0.4) is 0 Å². The smallest absolute Gasteiger partial charge is 0.343 e. The highest BCUT2D eigenvalue weighted by Crippen LogP contribution is 2.47. The van der Waals surface area contributed by atoms with Crippen LogP contribution in [-0.4, -0.2) is 30.4 Å². The van der Waals surface area contributed by atoms with Crippen molar-refractivity contribution < 1.29 is 34.0 Å². The van der Waals surface area contributed by atoms with E-state index in [-0.39, 0.29) is 23.4 Å². The molecule has 1 aliphatic heterocycles. The second-order valence-corrected chi connectivity index (χ2v) is 9.43. The predicted octanol–water partition coefficient (Wildman–Crippen LogP) is 6.88. The van der Waals surface area contributed by atoms with Gasteiger partial charge in [-0.25, -0.2) is 4.79 Å². The number of carbonyl (C=O) groups excluding carboxylic acids is 1. The Labute approximate surface area is 232 Å². The van der Waals surface area contributed by atoms with E-state index < -0.39 is 5.97 Å². The molecule has 0 aromatic heterocycles. The van der Waals surface area contributed by atoms with Gasteiger partial charge in [-0.15, -0.1) is 0 Å². The maximum atomic E-state index is 12.9. The van der Waals surface area contributed by atoms with E-state index in [1.165, 1.54) is 13.2 Å². The monoisotopic (exact) mass is 538 g/mol. The largest absolute Gasteiger partial charge is 0.507 e. The third-order valence-electron chi connectivity index (χ3n) is 7.00. The molecule has 1 heterocycles. The van der Waals surface area contributed by atoms with Crippen molar-refractivity contribution in [3.05, 3.63) is 106 Å². The Morgan fingerprint density at radius 3 is 2.20 bits per heavy atom. The zero-order valence-corrected chi connectivity index (χ0v) is 22.5. The van der Waals surface area contributed by atoms with Crippen LogP contribution in [0.25, 0.3) is 12.2 Å². The second kappa shape index (κ2) is 11.5.